The number of anilines is 2. The summed E-state index contributed by atoms with van der Waals surface area (Å²) in [5.74, 6) is -0.562. The van der Waals surface area contributed by atoms with E-state index in [1.54, 1.807) is 47.6 Å². The molecule has 0 aromatic heterocycles. The van der Waals surface area contributed by atoms with Gasteiger partial charge in [0.05, 0.1) is 24.5 Å². The third-order valence-electron chi connectivity index (χ3n) is 5.76. The number of benzene rings is 2. The van der Waals surface area contributed by atoms with Gasteiger partial charge in [-0.05, 0) is 42.7 Å². The lowest BCUT2D eigenvalue weighted by Gasteiger charge is -2.36. The standard InChI is InChI=1S/C23H24ClFN4O4S/c1-34-22(31)26-13-18-14-29(23(32)33-18)17-5-6-20(19(25)12-17)27-7-9-28(10-8-27)21(30)15-3-2-4-16(24)11-15/h2-6,11-12,18H,7-10,13-14H2,1H3,(H,26,31)/t18-/m0/s1. The number of amides is 3. The van der Waals surface area contributed by atoms with Crippen molar-refractivity contribution < 1.29 is 23.5 Å². The number of cyclic esters (lactones) is 1. The summed E-state index contributed by atoms with van der Waals surface area (Å²) in [6.45, 7) is 2.27. The van der Waals surface area contributed by atoms with Gasteiger partial charge in [0, 0.05) is 36.8 Å². The van der Waals surface area contributed by atoms with E-state index in [9.17, 15) is 14.4 Å². The van der Waals surface area contributed by atoms with Crippen LogP contribution in [0.2, 0.25) is 5.02 Å². The van der Waals surface area contributed by atoms with E-state index in [4.69, 9.17) is 16.3 Å². The molecule has 2 aliphatic rings. The zero-order valence-corrected chi connectivity index (χ0v) is 20.1. The number of nitrogens with one attached hydrogen (secondary N) is 1. The number of rotatable bonds is 5. The average Bonchev–Trinajstić information content (AvgIpc) is 3.22. The predicted octanol–water partition coefficient (Wildman–Crippen LogP) is 3.84. The molecule has 3 amide bonds. The van der Waals surface area contributed by atoms with Crippen molar-refractivity contribution in [1.82, 2.24) is 10.2 Å². The van der Waals surface area contributed by atoms with Crippen molar-refractivity contribution in [2.24, 2.45) is 0 Å². The lowest BCUT2D eigenvalue weighted by Crippen LogP contribution is -2.49. The quantitative estimate of drug-likeness (QED) is 0.663. The Morgan fingerprint density at radius 2 is 1.94 bits per heavy atom. The molecule has 2 fully saturated rings. The van der Waals surface area contributed by atoms with Crippen molar-refractivity contribution in [2.45, 2.75) is 6.10 Å². The number of ether oxygens (including phenoxy) is 1. The Morgan fingerprint density at radius 1 is 1.18 bits per heavy atom. The molecular weight excluding hydrogens is 483 g/mol. The molecule has 0 spiro atoms. The molecule has 0 radical (unpaired) electrons. The molecule has 11 heteroatoms. The van der Waals surface area contributed by atoms with Gasteiger partial charge in [-0.3, -0.25) is 14.5 Å². The van der Waals surface area contributed by atoms with Gasteiger partial charge in [-0.1, -0.05) is 29.4 Å². The van der Waals surface area contributed by atoms with E-state index in [-0.39, 0.29) is 24.2 Å². The second-order valence-electron chi connectivity index (χ2n) is 7.91. The Balaban J connectivity index is 1.36. The van der Waals surface area contributed by atoms with Gasteiger partial charge in [-0.25, -0.2) is 9.18 Å². The third-order valence-corrected chi connectivity index (χ3v) is 6.51. The van der Waals surface area contributed by atoms with Gasteiger partial charge in [-0.2, -0.15) is 0 Å². The molecule has 0 unspecified atom stereocenters. The van der Waals surface area contributed by atoms with E-state index < -0.39 is 18.0 Å². The van der Waals surface area contributed by atoms with Gasteiger partial charge in [0.2, 0.25) is 0 Å². The lowest BCUT2D eigenvalue weighted by atomic mass is 10.1. The van der Waals surface area contributed by atoms with Crippen LogP contribution in [0.1, 0.15) is 10.4 Å². The minimum absolute atomic E-state index is 0.103. The van der Waals surface area contributed by atoms with Crippen LogP contribution in [0.4, 0.5) is 25.4 Å². The molecule has 2 aromatic carbocycles. The van der Waals surface area contributed by atoms with Crippen molar-refractivity contribution in [3.63, 3.8) is 0 Å². The number of piperazine rings is 1. The maximum absolute atomic E-state index is 15.0. The fourth-order valence-electron chi connectivity index (χ4n) is 3.98. The fraction of sp³-hybridized carbons (Fsp3) is 0.348. The van der Waals surface area contributed by atoms with Crippen LogP contribution in [0.15, 0.2) is 42.5 Å². The van der Waals surface area contributed by atoms with E-state index in [0.717, 1.165) is 11.8 Å². The summed E-state index contributed by atoms with van der Waals surface area (Å²) in [4.78, 5) is 41.3. The summed E-state index contributed by atoms with van der Waals surface area (Å²) in [6.07, 6.45) is 0.573. The summed E-state index contributed by atoms with van der Waals surface area (Å²) >= 11 is 7.03. The topological polar surface area (TPSA) is 82.2 Å². The fourth-order valence-corrected chi connectivity index (χ4v) is 4.40. The van der Waals surface area contributed by atoms with E-state index >= 15 is 4.39 Å². The van der Waals surface area contributed by atoms with Crippen LogP contribution in [0, 0.1) is 5.82 Å². The molecule has 0 bridgehead atoms. The van der Waals surface area contributed by atoms with Gasteiger partial charge in [0.1, 0.15) is 11.9 Å². The molecule has 1 atom stereocenters. The molecule has 0 aliphatic carbocycles. The summed E-state index contributed by atoms with van der Waals surface area (Å²) in [5, 5.41) is 2.96. The normalized spacial score (nSPS) is 18.1. The molecular formula is C23H24ClFN4O4S. The van der Waals surface area contributed by atoms with Crippen LogP contribution in [0.25, 0.3) is 0 Å². The predicted molar refractivity (Wildman–Crippen MR) is 130 cm³/mol. The highest BCUT2D eigenvalue weighted by Gasteiger charge is 2.33. The molecule has 180 valence electrons. The Morgan fingerprint density at radius 3 is 2.62 bits per heavy atom. The van der Waals surface area contributed by atoms with Crippen LogP contribution in [0.5, 0.6) is 0 Å². The SMILES string of the molecule is CSC(=O)NC[C@H]1CN(c2ccc(N3CCN(C(=O)c4cccc(Cl)c4)CC3)c(F)c2)C(=O)O1. The minimum atomic E-state index is -0.580. The number of thioether (sulfide) groups is 1. The van der Waals surface area contributed by atoms with Gasteiger partial charge >= 0.3 is 6.09 Å². The Bertz CT molecular complexity index is 1100. The van der Waals surface area contributed by atoms with Crippen LogP contribution >= 0.6 is 23.4 Å². The molecule has 34 heavy (non-hydrogen) atoms. The molecule has 4 rings (SSSR count). The lowest BCUT2D eigenvalue weighted by molar-refractivity contribution is 0.0746. The van der Waals surface area contributed by atoms with Gasteiger partial charge in [0.25, 0.3) is 11.1 Å². The Hall–Kier alpha value is -2.98. The summed E-state index contributed by atoms with van der Waals surface area (Å²) in [6, 6.07) is 11.4. The zero-order valence-electron chi connectivity index (χ0n) is 18.5. The number of carbonyl (C=O) groups is 3. The van der Waals surface area contributed by atoms with E-state index in [1.165, 1.54) is 11.0 Å². The first-order valence-corrected chi connectivity index (χ1v) is 12.4. The smallest absolute Gasteiger partial charge is 0.414 e. The van der Waals surface area contributed by atoms with Crippen LogP contribution in [-0.4, -0.2) is 73.8 Å². The molecule has 2 saturated heterocycles. The molecule has 2 aliphatic heterocycles. The van der Waals surface area contributed by atoms with Crippen LogP contribution < -0.4 is 15.1 Å². The van der Waals surface area contributed by atoms with Crippen LogP contribution in [-0.2, 0) is 4.74 Å². The van der Waals surface area contributed by atoms with Crippen molar-refractivity contribution >= 4 is 52.0 Å². The maximum Gasteiger partial charge on any atom is 0.414 e. The third kappa shape index (κ3) is 5.39. The molecule has 1 N–H and O–H groups in total. The van der Waals surface area contributed by atoms with Crippen molar-refractivity contribution in [3.05, 3.63) is 58.9 Å². The number of nitrogens with zero attached hydrogens (tertiary/aromatic N) is 3. The van der Waals surface area contributed by atoms with Crippen molar-refractivity contribution in [2.75, 3.05) is 55.3 Å². The number of halogens is 2. The zero-order chi connectivity index (χ0) is 24.2. The second kappa shape index (κ2) is 10.5. The molecule has 0 saturated carbocycles. The second-order valence-corrected chi connectivity index (χ2v) is 9.13. The summed E-state index contributed by atoms with van der Waals surface area (Å²) in [7, 11) is 0. The molecule has 8 nitrogen and oxygen atoms in total. The largest absolute Gasteiger partial charge is 0.442 e. The highest BCUT2D eigenvalue weighted by molar-refractivity contribution is 8.12. The first kappa shape index (κ1) is 24.2. The van der Waals surface area contributed by atoms with Crippen LogP contribution in [0.3, 0.4) is 0 Å². The molecule has 2 heterocycles. The van der Waals surface area contributed by atoms with Crippen molar-refractivity contribution in [3.8, 4) is 0 Å². The summed E-state index contributed by atoms with van der Waals surface area (Å²) < 4.78 is 20.3. The number of hydrogen-bond acceptors (Lipinski definition) is 6. The van der Waals surface area contributed by atoms with Gasteiger partial charge < -0.3 is 19.9 Å². The average molecular weight is 507 g/mol. The first-order valence-electron chi connectivity index (χ1n) is 10.7. The van der Waals surface area contributed by atoms with Gasteiger partial charge in [-0.15, -0.1) is 0 Å². The van der Waals surface area contributed by atoms with E-state index in [0.29, 0.717) is 48.1 Å². The first-order chi connectivity index (χ1) is 16.4. The van der Waals surface area contributed by atoms with E-state index in [2.05, 4.69) is 5.32 Å². The molecule has 2 aromatic rings. The van der Waals surface area contributed by atoms with Gasteiger partial charge in [0.15, 0.2) is 0 Å². The Kier molecular flexibility index (Phi) is 7.47. The monoisotopic (exact) mass is 506 g/mol. The highest BCUT2D eigenvalue weighted by atomic mass is 35.5. The highest BCUT2D eigenvalue weighted by Crippen LogP contribution is 2.29. The summed E-state index contributed by atoms with van der Waals surface area (Å²) in [5.41, 5.74) is 1.33. The maximum atomic E-state index is 15.0. The number of carbonyl (C=O) groups excluding carboxylic acids is 3. The number of hydrogen-bond donors (Lipinski definition) is 1. The van der Waals surface area contributed by atoms with E-state index in [1.807, 2.05) is 4.90 Å². The van der Waals surface area contributed by atoms with Crippen molar-refractivity contribution in [1.29, 1.82) is 0 Å². The minimum Gasteiger partial charge on any atom is -0.442 e. The Labute approximate surface area is 206 Å².